The molecule has 4 N–H and O–H groups in total. The minimum Gasteiger partial charge on any atom is -0.368 e. The van der Waals surface area contributed by atoms with Gasteiger partial charge in [0.1, 0.15) is 5.52 Å². The minimum absolute atomic E-state index is 0.178. The Kier molecular flexibility index (Phi) is 2.67. The van der Waals surface area contributed by atoms with Crippen LogP contribution in [0.2, 0.25) is 0 Å². The SMILES string of the molecule is Cc1cnc(CNc2nc(N)nc3nc[nH]c23)cn1. The number of nitrogens with two attached hydrogens (primary N) is 1. The van der Waals surface area contributed by atoms with Crippen molar-refractivity contribution < 1.29 is 0 Å². The van der Waals surface area contributed by atoms with E-state index in [1.807, 2.05) is 6.92 Å². The fraction of sp³-hybridized carbons (Fsp3) is 0.182. The van der Waals surface area contributed by atoms with Crippen molar-refractivity contribution in [2.24, 2.45) is 0 Å². The molecule has 0 amide bonds. The third-order valence-corrected chi connectivity index (χ3v) is 2.57. The van der Waals surface area contributed by atoms with Crippen LogP contribution in [0.1, 0.15) is 11.4 Å². The number of fused-ring (bicyclic) bond motifs is 1. The summed E-state index contributed by atoms with van der Waals surface area (Å²) in [7, 11) is 0. The van der Waals surface area contributed by atoms with E-state index in [1.54, 1.807) is 18.7 Å². The van der Waals surface area contributed by atoms with Crippen LogP contribution in [0.25, 0.3) is 11.2 Å². The Morgan fingerprint density at radius 3 is 2.89 bits per heavy atom. The topological polar surface area (TPSA) is 118 Å². The van der Waals surface area contributed by atoms with Crippen molar-refractivity contribution in [3.63, 3.8) is 0 Å². The van der Waals surface area contributed by atoms with Gasteiger partial charge >= 0.3 is 0 Å². The van der Waals surface area contributed by atoms with Gasteiger partial charge in [-0.25, -0.2) is 4.98 Å². The highest BCUT2D eigenvalue weighted by atomic mass is 15.1. The van der Waals surface area contributed by atoms with Gasteiger partial charge in [-0.1, -0.05) is 0 Å². The van der Waals surface area contributed by atoms with Crippen molar-refractivity contribution in [2.45, 2.75) is 13.5 Å². The zero-order chi connectivity index (χ0) is 13.2. The number of hydrogen-bond acceptors (Lipinski definition) is 7. The van der Waals surface area contributed by atoms with Crippen molar-refractivity contribution in [3.8, 4) is 0 Å². The Morgan fingerprint density at radius 1 is 1.21 bits per heavy atom. The zero-order valence-electron chi connectivity index (χ0n) is 10.3. The fourth-order valence-corrected chi connectivity index (χ4v) is 1.66. The predicted molar refractivity (Wildman–Crippen MR) is 70.2 cm³/mol. The number of hydrogen-bond donors (Lipinski definition) is 3. The van der Waals surface area contributed by atoms with Crippen LogP contribution in [0.4, 0.5) is 11.8 Å². The highest BCUT2D eigenvalue weighted by molar-refractivity contribution is 5.83. The average molecular weight is 256 g/mol. The number of aromatic nitrogens is 6. The van der Waals surface area contributed by atoms with Crippen molar-refractivity contribution in [1.29, 1.82) is 0 Å². The minimum atomic E-state index is 0.178. The molecule has 96 valence electrons. The van der Waals surface area contributed by atoms with Gasteiger partial charge in [-0.2, -0.15) is 9.97 Å². The quantitative estimate of drug-likeness (QED) is 0.629. The van der Waals surface area contributed by atoms with E-state index in [0.717, 1.165) is 11.4 Å². The van der Waals surface area contributed by atoms with Crippen LogP contribution >= 0.6 is 0 Å². The summed E-state index contributed by atoms with van der Waals surface area (Å²) in [6, 6.07) is 0. The monoisotopic (exact) mass is 256 g/mol. The second-order valence-electron chi connectivity index (χ2n) is 4.03. The second-order valence-corrected chi connectivity index (χ2v) is 4.03. The summed E-state index contributed by atoms with van der Waals surface area (Å²) in [5.74, 6) is 0.777. The second kappa shape index (κ2) is 4.48. The number of H-pyrrole nitrogens is 1. The van der Waals surface area contributed by atoms with Crippen LogP contribution < -0.4 is 11.1 Å². The van der Waals surface area contributed by atoms with E-state index in [1.165, 1.54) is 0 Å². The van der Waals surface area contributed by atoms with E-state index in [0.29, 0.717) is 23.5 Å². The van der Waals surface area contributed by atoms with Crippen molar-refractivity contribution in [1.82, 2.24) is 29.9 Å². The Balaban J connectivity index is 1.85. The molecule has 3 aromatic rings. The molecular formula is C11H12N8. The molecule has 8 nitrogen and oxygen atoms in total. The number of rotatable bonds is 3. The van der Waals surface area contributed by atoms with Gasteiger partial charge < -0.3 is 16.0 Å². The number of aromatic amines is 1. The Bertz CT molecular complexity index is 702. The summed E-state index contributed by atoms with van der Waals surface area (Å²) >= 11 is 0. The lowest BCUT2D eigenvalue weighted by Gasteiger charge is -2.06. The molecule has 0 atom stereocenters. The molecule has 0 saturated carbocycles. The number of nitrogens with one attached hydrogen (secondary N) is 2. The molecule has 3 aromatic heterocycles. The first-order chi connectivity index (χ1) is 9.22. The van der Waals surface area contributed by atoms with E-state index in [-0.39, 0.29) is 5.95 Å². The highest BCUT2D eigenvalue weighted by Crippen LogP contribution is 2.17. The van der Waals surface area contributed by atoms with Gasteiger partial charge in [0.25, 0.3) is 0 Å². The third-order valence-electron chi connectivity index (χ3n) is 2.57. The summed E-state index contributed by atoms with van der Waals surface area (Å²) in [6.07, 6.45) is 4.99. The number of anilines is 2. The summed E-state index contributed by atoms with van der Waals surface area (Å²) in [6.45, 7) is 2.39. The molecule has 0 bridgehead atoms. The lowest BCUT2D eigenvalue weighted by atomic mass is 10.4. The lowest BCUT2D eigenvalue weighted by Crippen LogP contribution is -2.07. The highest BCUT2D eigenvalue weighted by Gasteiger charge is 2.08. The Morgan fingerprint density at radius 2 is 2.11 bits per heavy atom. The fourth-order valence-electron chi connectivity index (χ4n) is 1.66. The standard InChI is InChI=1S/C11H12N8/c1-6-2-14-7(3-13-6)4-15-9-8-10(17-5-16-8)19-11(12)18-9/h2-3,5H,4H2,1H3,(H4,12,15,16,17,18,19). The van der Waals surface area contributed by atoms with E-state index < -0.39 is 0 Å². The molecule has 0 spiro atoms. The average Bonchev–Trinajstić information content (AvgIpc) is 2.85. The third kappa shape index (κ3) is 2.28. The zero-order valence-corrected chi connectivity index (χ0v) is 10.3. The van der Waals surface area contributed by atoms with Gasteiger partial charge in [0, 0.05) is 6.20 Å². The van der Waals surface area contributed by atoms with Crippen molar-refractivity contribution in [2.75, 3.05) is 11.1 Å². The molecule has 0 aromatic carbocycles. The number of imidazole rings is 1. The maximum Gasteiger partial charge on any atom is 0.224 e. The summed E-state index contributed by atoms with van der Waals surface area (Å²) in [5, 5.41) is 3.15. The van der Waals surface area contributed by atoms with E-state index in [2.05, 4.69) is 35.2 Å². The molecule has 8 heteroatoms. The van der Waals surface area contributed by atoms with Crippen LogP contribution in [0.15, 0.2) is 18.7 Å². The lowest BCUT2D eigenvalue weighted by molar-refractivity contribution is 0.977. The molecule has 0 unspecified atom stereocenters. The van der Waals surface area contributed by atoms with Gasteiger partial charge in [0.05, 0.1) is 30.5 Å². The molecular weight excluding hydrogens is 244 g/mol. The molecule has 0 fully saturated rings. The van der Waals surface area contributed by atoms with Gasteiger partial charge in [0.15, 0.2) is 11.5 Å². The van der Waals surface area contributed by atoms with Crippen LogP contribution in [0, 0.1) is 6.92 Å². The van der Waals surface area contributed by atoms with Crippen LogP contribution in [-0.2, 0) is 6.54 Å². The molecule has 3 heterocycles. The molecule has 0 aliphatic heterocycles. The maximum atomic E-state index is 5.63. The molecule has 19 heavy (non-hydrogen) atoms. The van der Waals surface area contributed by atoms with E-state index in [9.17, 15) is 0 Å². The first-order valence-electron chi connectivity index (χ1n) is 5.70. The van der Waals surface area contributed by atoms with Crippen LogP contribution in [0.3, 0.4) is 0 Å². The number of aryl methyl sites for hydroxylation is 1. The van der Waals surface area contributed by atoms with E-state index >= 15 is 0 Å². The largest absolute Gasteiger partial charge is 0.368 e. The molecule has 3 rings (SSSR count). The first kappa shape index (κ1) is 11.3. The molecule has 0 aliphatic carbocycles. The predicted octanol–water partition coefficient (Wildman–Crippen LogP) is 0.646. The van der Waals surface area contributed by atoms with Crippen LogP contribution in [-0.4, -0.2) is 29.9 Å². The summed E-state index contributed by atoms with van der Waals surface area (Å²) in [4.78, 5) is 23.6. The van der Waals surface area contributed by atoms with E-state index in [4.69, 9.17) is 5.73 Å². The van der Waals surface area contributed by atoms with Gasteiger partial charge in [-0.3, -0.25) is 9.97 Å². The normalized spacial score (nSPS) is 10.8. The Labute approximate surface area is 108 Å². The van der Waals surface area contributed by atoms with Gasteiger partial charge in [-0.15, -0.1) is 0 Å². The van der Waals surface area contributed by atoms with Gasteiger partial charge in [-0.05, 0) is 6.92 Å². The number of nitrogens with zero attached hydrogens (tertiary/aromatic N) is 5. The van der Waals surface area contributed by atoms with Crippen molar-refractivity contribution in [3.05, 3.63) is 30.1 Å². The maximum absolute atomic E-state index is 5.63. The molecule has 0 aliphatic rings. The van der Waals surface area contributed by atoms with Crippen molar-refractivity contribution >= 4 is 22.9 Å². The molecule has 0 radical (unpaired) electrons. The van der Waals surface area contributed by atoms with Gasteiger partial charge in [0.2, 0.25) is 5.95 Å². The first-order valence-corrected chi connectivity index (χ1v) is 5.70. The summed E-state index contributed by atoms with van der Waals surface area (Å²) in [5.41, 5.74) is 8.57. The number of nitrogen functional groups attached to an aromatic ring is 1. The van der Waals surface area contributed by atoms with Crippen LogP contribution in [0.5, 0.6) is 0 Å². The smallest absolute Gasteiger partial charge is 0.224 e. The Hall–Kier alpha value is -2.77. The molecule has 0 saturated heterocycles. The summed E-state index contributed by atoms with van der Waals surface area (Å²) < 4.78 is 0.